The predicted molar refractivity (Wildman–Crippen MR) is 82.8 cm³/mol. The fourth-order valence-electron chi connectivity index (χ4n) is 2.18. The van der Waals surface area contributed by atoms with Gasteiger partial charge in [0.2, 0.25) is 5.91 Å². The Labute approximate surface area is 130 Å². The van der Waals surface area contributed by atoms with Crippen LogP contribution in [0.15, 0.2) is 12.3 Å². The number of anilines is 1. The van der Waals surface area contributed by atoms with E-state index in [1.165, 1.54) is 0 Å². The predicted octanol–water partition coefficient (Wildman–Crippen LogP) is 1.42. The van der Waals surface area contributed by atoms with E-state index in [9.17, 15) is 9.59 Å². The van der Waals surface area contributed by atoms with Crippen molar-refractivity contribution in [1.29, 1.82) is 0 Å². The van der Waals surface area contributed by atoms with Gasteiger partial charge in [-0.1, -0.05) is 6.92 Å². The van der Waals surface area contributed by atoms with Crippen LogP contribution in [0.3, 0.4) is 0 Å². The van der Waals surface area contributed by atoms with Crippen LogP contribution in [0.1, 0.15) is 24.3 Å². The van der Waals surface area contributed by atoms with Gasteiger partial charge in [-0.05, 0) is 32.0 Å². The number of nitrogens with zero attached hydrogens (tertiary/aromatic N) is 1. The van der Waals surface area contributed by atoms with Crippen molar-refractivity contribution in [3.8, 4) is 0 Å². The van der Waals surface area contributed by atoms with E-state index in [0.29, 0.717) is 23.9 Å². The lowest BCUT2D eigenvalue weighted by atomic mass is 9.88. The number of carbonyl (C=O) groups excluding carboxylic acids is 2. The highest BCUT2D eigenvalue weighted by Gasteiger charge is 2.29. The molecule has 2 rings (SSSR count). The van der Waals surface area contributed by atoms with Crippen molar-refractivity contribution < 1.29 is 14.3 Å². The van der Waals surface area contributed by atoms with E-state index < -0.39 is 0 Å². The van der Waals surface area contributed by atoms with Gasteiger partial charge in [0, 0.05) is 19.2 Å². The number of esters is 1. The number of amides is 1. The summed E-state index contributed by atoms with van der Waals surface area (Å²) >= 11 is 0. The molecule has 1 atom stereocenters. The van der Waals surface area contributed by atoms with Crippen molar-refractivity contribution in [2.45, 2.75) is 13.8 Å². The first-order chi connectivity index (χ1) is 9.52. The Morgan fingerprint density at radius 2 is 2.19 bits per heavy atom. The average molecular weight is 316 g/mol. The minimum atomic E-state index is -0.383. The molecule has 118 valence electrons. The molecule has 0 saturated carbocycles. The first-order valence-electron chi connectivity index (χ1n) is 6.88. The van der Waals surface area contributed by atoms with Gasteiger partial charge in [0.25, 0.3) is 0 Å². The fourth-order valence-corrected chi connectivity index (χ4v) is 2.18. The smallest absolute Gasteiger partial charge is 0.355 e. The molecule has 6 nitrogen and oxygen atoms in total. The van der Waals surface area contributed by atoms with Crippen molar-refractivity contribution in [2.75, 3.05) is 25.0 Å². The van der Waals surface area contributed by atoms with Crippen molar-refractivity contribution in [2.24, 2.45) is 18.9 Å². The van der Waals surface area contributed by atoms with Gasteiger partial charge in [-0.3, -0.25) is 4.79 Å². The zero-order valence-electron chi connectivity index (χ0n) is 12.5. The van der Waals surface area contributed by atoms with E-state index in [1.807, 2.05) is 6.92 Å². The maximum Gasteiger partial charge on any atom is 0.355 e. The molecule has 1 fully saturated rings. The molecule has 0 radical (unpaired) electrons. The minimum Gasteiger partial charge on any atom is -0.461 e. The first-order valence-corrected chi connectivity index (χ1v) is 6.88. The number of hydrogen-bond acceptors (Lipinski definition) is 4. The molecular formula is C14H22ClN3O3. The number of halogens is 1. The molecule has 7 heteroatoms. The van der Waals surface area contributed by atoms with Crippen LogP contribution < -0.4 is 10.6 Å². The normalized spacial score (nSPS) is 15.6. The third-order valence-corrected chi connectivity index (χ3v) is 3.69. The van der Waals surface area contributed by atoms with Gasteiger partial charge in [-0.25, -0.2) is 4.79 Å². The van der Waals surface area contributed by atoms with Gasteiger partial charge in [-0.15, -0.1) is 12.4 Å². The average Bonchev–Trinajstić information content (AvgIpc) is 2.68. The van der Waals surface area contributed by atoms with Crippen molar-refractivity contribution in [3.63, 3.8) is 0 Å². The second-order valence-electron chi connectivity index (χ2n) is 5.14. The molecule has 0 aromatic carbocycles. The van der Waals surface area contributed by atoms with Crippen LogP contribution in [0.5, 0.6) is 0 Å². The molecule has 1 saturated heterocycles. The molecule has 1 amide bonds. The monoisotopic (exact) mass is 315 g/mol. The number of aromatic nitrogens is 1. The lowest BCUT2D eigenvalue weighted by molar-refractivity contribution is -0.121. The second kappa shape index (κ2) is 7.47. The molecular weight excluding hydrogens is 294 g/mol. The lowest BCUT2D eigenvalue weighted by Crippen LogP contribution is -2.48. The molecule has 2 N–H and O–H groups in total. The third kappa shape index (κ3) is 3.98. The zero-order valence-corrected chi connectivity index (χ0v) is 13.3. The van der Waals surface area contributed by atoms with Gasteiger partial charge < -0.3 is 19.9 Å². The minimum absolute atomic E-state index is 0. The van der Waals surface area contributed by atoms with Crippen molar-refractivity contribution in [3.05, 3.63) is 18.0 Å². The largest absolute Gasteiger partial charge is 0.461 e. The van der Waals surface area contributed by atoms with Crippen LogP contribution in [0, 0.1) is 11.8 Å². The molecule has 2 heterocycles. The first kappa shape index (κ1) is 17.5. The van der Waals surface area contributed by atoms with Crippen LogP contribution in [0.2, 0.25) is 0 Å². The topological polar surface area (TPSA) is 72.4 Å². The van der Waals surface area contributed by atoms with Crippen LogP contribution in [-0.4, -0.2) is 36.1 Å². The van der Waals surface area contributed by atoms with E-state index in [1.54, 1.807) is 30.8 Å². The molecule has 21 heavy (non-hydrogen) atoms. The molecule has 0 bridgehead atoms. The van der Waals surface area contributed by atoms with E-state index >= 15 is 0 Å². The summed E-state index contributed by atoms with van der Waals surface area (Å²) in [6, 6.07) is 1.64. The van der Waals surface area contributed by atoms with Gasteiger partial charge in [-0.2, -0.15) is 0 Å². The standard InChI is InChI=1S/C14H21N3O3.ClH/c1-4-20-14(19)12-5-11(8-17(12)3)16-13(18)9(2)10-6-15-7-10;/h5,8-10,15H,4,6-7H2,1-3H3,(H,16,18);1H. The van der Waals surface area contributed by atoms with E-state index in [4.69, 9.17) is 4.74 Å². The SMILES string of the molecule is CCOC(=O)c1cc(NC(=O)C(C)C2CNC2)cn1C.Cl. The van der Waals surface area contributed by atoms with Crippen LogP contribution >= 0.6 is 12.4 Å². The highest BCUT2D eigenvalue weighted by molar-refractivity contribution is 5.95. The molecule has 1 aliphatic heterocycles. The molecule has 0 spiro atoms. The summed E-state index contributed by atoms with van der Waals surface area (Å²) in [5, 5.41) is 6.01. The number of rotatable bonds is 5. The van der Waals surface area contributed by atoms with E-state index in [-0.39, 0.29) is 30.2 Å². The highest BCUT2D eigenvalue weighted by Crippen LogP contribution is 2.20. The van der Waals surface area contributed by atoms with Gasteiger partial charge in [0.15, 0.2) is 0 Å². The molecule has 1 unspecified atom stereocenters. The maximum atomic E-state index is 12.1. The Hall–Kier alpha value is -1.53. The summed E-state index contributed by atoms with van der Waals surface area (Å²) in [6.45, 7) is 5.79. The van der Waals surface area contributed by atoms with Crippen LogP contribution in [0.4, 0.5) is 5.69 Å². The summed E-state index contributed by atoms with van der Waals surface area (Å²) in [5.41, 5.74) is 1.06. The van der Waals surface area contributed by atoms with Gasteiger partial charge in [0.05, 0.1) is 12.3 Å². The van der Waals surface area contributed by atoms with E-state index in [2.05, 4.69) is 10.6 Å². The highest BCUT2D eigenvalue weighted by atomic mass is 35.5. The van der Waals surface area contributed by atoms with Crippen LogP contribution in [0.25, 0.3) is 0 Å². The summed E-state index contributed by atoms with van der Waals surface area (Å²) in [4.78, 5) is 23.8. The summed E-state index contributed by atoms with van der Waals surface area (Å²) < 4.78 is 6.61. The number of aryl methyl sites for hydroxylation is 1. The third-order valence-electron chi connectivity index (χ3n) is 3.69. The maximum absolute atomic E-state index is 12.1. The molecule has 0 aliphatic carbocycles. The Morgan fingerprint density at radius 1 is 1.52 bits per heavy atom. The van der Waals surface area contributed by atoms with E-state index in [0.717, 1.165) is 13.1 Å². The Bertz CT molecular complexity index is 512. The number of nitrogens with one attached hydrogen (secondary N) is 2. The Balaban J connectivity index is 0.00000220. The second-order valence-corrected chi connectivity index (χ2v) is 5.14. The number of carbonyl (C=O) groups is 2. The fraction of sp³-hybridized carbons (Fsp3) is 0.571. The number of ether oxygens (including phenoxy) is 1. The summed E-state index contributed by atoms with van der Waals surface area (Å²) in [6.07, 6.45) is 1.72. The Kier molecular flexibility index (Phi) is 6.23. The van der Waals surface area contributed by atoms with Crippen LogP contribution in [-0.2, 0) is 16.6 Å². The summed E-state index contributed by atoms with van der Waals surface area (Å²) in [5.74, 6) is -0.0463. The Morgan fingerprint density at radius 3 is 2.71 bits per heavy atom. The quantitative estimate of drug-likeness (QED) is 0.806. The zero-order chi connectivity index (χ0) is 14.7. The van der Waals surface area contributed by atoms with Crippen molar-refractivity contribution in [1.82, 2.24) is 9.88 Å². The van der Waals surface area contributed by atoms with Crippen molar-refractivity contribution >= 4 is 30.0 Å². The number of hydrogen-bond donors (Lipinski definition) is 2. The summed E-state index contributed by atoms with van der Waals surface area (Å²) in [7, 11) is 1.75. The lowest BCUT2D eigenvalue weighted by Gasteiger charge is -2.31. The molecule has 1 aliphatic rings. The molecule has 1 aromatic rings. The molecule has 1 aromatic heterocycles. The van der Waals surface area contributed by atoms with Gasteiger partial charge in [0.1, 0.15) is 5.69 Å². The van der Waals surface area contributed by atoms with Gasteiger partial charge >= 0.3 is 5.97 Å².